The first kappa shape index (κ1) is 19.0. The van der Waals surface area contributed by atoms with Crippen molar-refractivity contribution >= 4 is 30.4 Å². The largest absolute Gasteiger partial charge is 0.155 e. The van der Waals surface area contributed by atoms with Crippen molar-refractivity contribution in [3.05, 3.63) is 93.6 Å². The maximum atomic E-state index is 2.44. The first-order valence-electron chi connectivity index (χ1n) is 10.2. The Labute approximate surface area is 171 Å². The Balaban J connectivity index is 2.00. The van der Waals surface area contributed by atoms with E-state index in [0.29, 0.717) is 5.92 Å². The third kappa shape index (κ3) is 3.40. The third-order valence-electron chi connectivity index (χ3n) is 5.95. The number of fused-ring (bicyclic) bond motifs is 1. The number of rotatable bonds is 3. The third-order valence-corrected chi connectivity index (χ3v) is 8.66. The number of hydrogen-bond acceptors (Lipinski definition) is 0. The van der Waals surface area contributed by atoms with E-state index in [1.807, 2.05) is 0 Å². The summed E-state index contributed by atoms with van der Waals surface area (Å²) in [6, 6.07) is 21.2. The van der Waals surface area contributed by atoms with Gasteiger partial charge in [0.1, 0.15) is 0 Å². The molecule has 0 amide bonds. The monoisotopic (exact) mass is 381 g/mol. The molecule has 1 atom stereocenters. The van der Waals surface area contributed by atoms with Crippen molar-refractivity contribution in [3.63, 3.8) is 0 Å². The topological polar surface area (TPSA) is 0 Å². The molecule has 0 nitrogen and oxygen atoms in total. The number of benzene rings is 3. The summed E-state index contributed by atoms with van der Waals surface area (Å²) in [6.07, 6.45) is 2.44. The van der Waals surface area contributed by atoms with Gasteiger partial charge in [0.05, 0.1) is 0 Å². The zero-order valence-electron chi connectivity index (χ0n) is 17.9. The van der Waals surface area contributed by atoms with E-state index in [4.69, 9.17) is 0 Å². The average Bonchev–Trinajstić information content (AvgIpc) is 2.89. The van der Waals surface area contributed by atoms with Gasteiger partial charge in [-0.15, -0.1) is 0 Å². The van der Waals surface area contributed by atoms with E-state index < -0.39 is 8.80 Å². The van der Waals surface area contributed by atoms with Gasteiger partial charge in [0.25, 0.3) is 0 Å². The molecule has 0 saturated heterocycles. The van der Waals surface area contributed by atoms with E-state index in [0.717, 1.165) is 0 Å². The fraction of sp³-hybridized carbons (Fsp3) is 0.259. The predicted molar refractivity (Wildman–Crippen MR) is 125 cm³/mol. The van der Waals surface area contributed by atoms with E-state index in [1.54, 1.807) is 0 Å². The highest BCUT2D eigenvalue weighted by molar-refractivity contribution is 6.96. The SMILES string of the molecule is CC1=Cc2c(cccc2[Si](c2cc(C)cc(C)c2)c2cc(C)cc(C)c2)C1C. The van der Waals surface area contributed by atoms with Crippen LogP contribution in [0.2, 0.25) is 0 Å². The first-order valence-corrected chi connectivity index (χ1v) is 11.7. The van der Waals surface area contributed by atoms with Crippen molar-refractivity contribution in [1.82, 2.24) is 0 Å². The highest BCUT2D eigenvalue weighted by Gasteiger charge is 2.28. The number of aryl methyl sites for hydroxylation is 4. The van der Waals surface area contributed by atoms with Crippen LogP contribution in [0.1, 0.15) is 53.1 Å². The second-order valence-electron chi connectivity index (χ2n) is 8.55. The summed E-state index contributed by atoms with van der Waals surface area (Å²) in [6.45, 7) is 13.5. The van der Waals surface area contributed by atoms with Crippen LogP contribution in [0.5, 0.6) is 0 Å². The van der Waals surface area contributed by atoms with Crippen LogP contribution < -0.4 is 15.6 Å². The lowest BCUT2D eigenvalue weighted by Crippen LogP contribution is -2.53. The summed E-state index contributed by atoms with van der Waals surface area (Å²) in [5.74, 6) is 0.525. The molecule has 4 rings (SSSR count). The second-order valence-corrected chi connectivity index (χ2v) is 11.0. The maximum absolute atomic E-state index is 2.44. The van der Waals surface area contributed by atoms with Crippen LogP contribution in [0.15, 0.2) is 60.2 Å². The molecule has 1 aliphatic rings. The minimum atomic E-state index is -1.08. The van der Waals surface area contributed by atoms with Gasteiger partial charge in [0, 0.05) is 5.92 Å². The van der Waals surface area contributed by atoms with E-state index >= 15 is 0 Å². The smallest absolute Gasteiger partial charge is 0.0655 e. The van der Waals surface area contributed by atoms with Gasteiger partial charge in [0.2, 0.25) is 0 Å². The molecule has 0 aliphatic heterocycles. The normalized spacial score (nSPS) is 15.7. The fourth-order valence-electron chi connectivity index (χ4n) is 4.65. The van der Waals surface area contributed by atoms with Crippen LogP contribution in [0.3, 0.4) is 0 Å². The molecule has 1 heteroatoms. The molecular formula is C27H29Si. The van der Waals surface area contributed by atoms with Crippen LogP contribution in [0.25, 0.3) is 6.08 Å². The Morgan fingerprint density at radius 3 is 1.68 bits per heavy atom. The lowest BCUT2D eigenvalue weighted by atomic mass is 9.99. The van der Waals surface area contributed by atoms with Crippen LogP contribution in [0.4, 0.5) is 0 Å². The van der Waals surface area contributed by atoms with Gasteiger partial charge in [-0.1, -0.05) is 106 Å². The van der Waals surface area contributed by atoms with Gasteiger partial charge in [0.15, 0.2) is 8.80 Å². The van der Waals surface area contributed by atoms with Crippen LogP contribution in [0, 0.1) is 27.7 Å². The fourth-order valence-corrected chi connectivity index (χ4v) is 7.85. The van der Waals surface area contributed by atoms with Gasteiger partial charge >= 0.3 is 0 Å². The molecule has 1 unspecified atom stereocenters. The Morgan fingerprint density at radius 1 is 0.679 bits per heavy atom. The summed E-state index contributed by atoms with van der Waals surface area (Å²) < 4.78 is 0. The number of allylic oxidation sites excluding steroid dienone is 1. The maximum Gasteiger partial charge on any atom is 0.155 e. The van der Waals surface area contributed by atoms with Crippen LogP contribution in [-0.4, -0.2) is 8.80 Å². The van der Waals surface area contributed by atoms with Crippen molar-refractivity contribution in [2.24, 2.45) is 0 Å². The summed E-state index contributed by atoms with van der Waals surface area (Å²) >= 11 is 0. The van der Waals surface area contributed by atoms with Crippen LogP contribution in [-0.2, 0) is 0 Å². The molecule has 3 aromatic rings. The Bertz CT molecular complexity index is 995. The zero-order chi connectivity index (χ0) is 20.0. The molecule has 141 valence electrons. The van der Waals surface area contributed by atoms with Gasteiger partial charge in [-0.25, -0.2) is 0 Å². The second kappa shape index (κ2) is 7.22. The van der Waals surface area contributed by atoms with Crippen molar-refractivity contribution in [3.8, 4) is 0 Å². The highest BCUT2D eigenvalue weighted by Crippen LogP contribution is 2.34. The van der Waals surface area contributed by atoms with Gasteiger partial charge in [-0.3, -0.25) is 0 Å². The highest BCUT2D eigenvalue weighted by atomic mass is 28.3. The van der Waals surface area contributed by atoms with Gasteiger partial charge in [-0.05, 0) is 50.9 Å². The van der Waals surface area contributed by atoms with E-state index in [9.17, 15) is 0 Å². The minimum absolute atomic E-state index is 0.525. The van der Waals surface area contributed by atoms with Crippen LogP contribution >= 0.6 is 0 Å². The van der Waals surface area contributed by atoms with E-state index in [-0.39, 0.29) is 0 Å². The van der Waals surface area contributed by atoms with Crippen molar-refractivity contribution in [2.75, 3.05) is 0 Å². The summed E-state index contributed by atoms with van der Waals surface area (Å²) in [4.78, 5) is 0. The molecule has 28 heavy (non-hydrogen) atoms. The Hall–Kier alpha value is -2.38. The molecule has 0 heterocycles. The molecule has 0 spiro atoms. The predicted octanol–water partition coefficient (Wildman–Crippen LogP) is 4.96. The van der Waals surface area contributed by atoms with Gasteiger partial charge in [-0.2, -0.15) is 0 Å². The zero-order valence-corrected chi connectivity index (χ0v) is 18.9. The summed E-state index contributed by atoms with van der Waals surface area (Å²) in [5.41, 5.74) is 9.86. The quantitative estimate of drug-likeness (QED) is 0.444. The molecule has 0 saturated carbocycles. The molecule has 0 N–H and O–H groups in total. The molecule has 0 aromatic heterocycles. The minimum Gasteiger partial charge on any atom is -0.0655 e. The van der Waals surface area contributed by atoms with Crippen molar-refractivity contribution < 1.29 is 0 Å². The average molecular weight is 382 g/mol. The molecular weight excluding hydrogens is 352 g/mol. The van der Waals surface area contributed by atoms with Gasteiger partial charge < -0.3 is 0 Å². The summed E-state index contributed by atoms with van der Waals surface area (Å²) in [5, 5.41) is 4.51. The molecule has 1 radical (unpaired) electrons. The van der Waals surface area contributed by atoms with E-state index in [2.05, 4.69) is 102 Å². The van der Waals surface area contributed by atoms with E-state index in [1.165, 1.54) is 54.5 Å². The standard InChI is InChI=1S/C27H29Si/c1-17-10-18(2)13-23(12-17)28(24-14-19(3)11-20(4)15-24)27-9-7-8-25-22(6)21(5)16-26(25)27/h7-16,22H,1-6H3. The molecule has 0 bridgehead atoms. The number of hydrogen-bond donors (Lipinski definition) is 0. The lowest BCUT2D eigenvalue weighted by molar-refractivity contribution is 0.922. The Kier molecular flexibility index (Phi) is 4.89. The van der Waals surface area contributed by atoms with Crippen molar-refractivity contribution in [2.45, 2.75) is 47.5 Å². The molecule has 3 aromatic carbocycles. The first-order chi connectivity index (χ1) is 13.3. The Morgan fingerprint density at radius 2 is 1.18 bits per heavy atom. The molecule has 0 fully saturated rings. The molecule has 1 aliphatic carbocycles. The van der Waals surface area contributed by atoms with Crippen molar-refractivity contribution in [1.29, 1.82) is 0 Å². The lowest BCUT2D eigenvalue weighted by Gasteiger charge is -2.22. The summed E-state index contributed by atoms with van der Waals surface area (Å²) in [7, 11) is -1.08.